The summed E-state index contributed by atoms with van der Waals surface area (Å²) in [5.74, 6) is 0.846. The minimum absolute atomic E-state index is 0.117. The van der Waals surface area contributed by atoms with Gasteiger partial charge < -0.3 is 4.74 Å². The van der Waals surface area contributed by atoms with Crippen LogP contribution in [0.4, 0.5) is 0 Å². The third-order valence-corrected chi connectivity index (χ3v) is 4.50. The number of aromatic nitrogens is 2. The SMILES string of the molecule is Cc1cc(C2CN(C3CCCCC3)CCO2)nc(C)n1. The van der Waals surface area contributed by atoms with E-state index < -0.39 is 0 Å². The summed E-state index contributed by atoms with van der Waals surface area (Å²) < 4.78 is 5.96. The molecule has 0 N–H and O–H groups in total. The zero-order valence-electron chi connectivity index (χ0n) is 12.6. The molecule has 110 valence electrons. The quantitative estimate of drug-likeness (QED) is 0.832. The van der Waals surface area contributed by atoms with Crippen molar-refractivity contribution in [1.29, 1.82) is 0 Å². The minimum Gasteiger partial charge on any atom is -0.369 e. The molecule has 2 heterocycles. The first kappa shape index (κ1) is 14.0. The lowest BCUT2D eigenvalue weighted by Gasteiger charge is -2.39. The highest BCUT2D eigenvalue weighted by Gasteiger charge is 2.29. The van der Waals surface area contributed by atoms with Crippen LogP contribution in [0.1, 0.15) is 55.4 Å². The van der Waals surface area contributed by atoms with Gasteiger partial charge in [-0.1, -0.05) is 19.3 Å². The van der Waals surface area contributed by atoms with Crippen molar-refractivity contribution in [3.05, 3.63) is 23.3 Å². The van der Waals surface area contributed by atoms with E-state index in [2.05, 4.69) is 20.9 Å². The maximum atomic E-state index is 5.96. The molecule has 0 amide bonds. The van der Waals surface area contributed by atoms with Gasteiger partial charge in [0.2, 0.25) is 0 Å². The molecule has 1 aliphatic carbocycles. The average molecular weight is 275 g/mol. The average Bonchev–Trinajstić information content (AvgIpc) is 2.47. The van der Waals surface area contributed by atoms with Gasteiger partial charge in [-0.25, -0.2) is 9.97 Å². The van der Waals surface area contributed by atoms with E-state index in [-0.39, 0.29) is 6.10 Å². The second kappa shape index (κ2) is 6.19. The molecule has 4 nitrogen and oxygen atoms in total. The van der Waals surface area contributed by atoms with Gasteiger partial charge in [-0.2, -0.15) is 0 Å². The molecule has 20 heavy (non-hydrogen) atoms. The maximum absolute atomic E-state index is 5.96. The molecule has 1 aromatic heterocycles. The molecule has 0 bridgehead atoms. The van der Waals surface area contributed by atoms with Crippen LogP contribution in [-0.4, -0.2) is 40.6 Å². The van der Waals surface area contributed by atoms with E-state index in [0.29, 0.717) is 0 Å². The third kappa shape index (κ3) is 3.18. The van der Waals surface area contributed by atoms with Crippen molar-refractivity contribution < 1.29 is 4.74 Å². The standard InChI is InChI=1S/C16H25N3O/c1-12-10-15(18-13(2)17-12)16-11-19(8-9-20-16)14-6-4-3-5-7-14/h10,14,16H,3-9,11H2,1-2H3. The molecule has 1 aromatic rings. The fourth-order valence-corrected chi connectivity index (χ4v) is 3.54. The fourth-order valence-electron chi connectivity index (χ4n) is 3.54. The van der Waals surface area contributed by atoms with Gasteiger partial charge in [0.25, 0.3) is 0 Å². The van der Waals surface area contributed by atoms with Gasteiger partial charge in [-0.15, -0.1) is 0 Å². The van der Waals surface area contributed by atoms with Crippen LogP contribution in [0, 0.1) is 13.8 Å². The van der Waals surface area contributed by atoms with Crippen molar-refractivity contribution in [1.82, 2.24) is 14.9 Å². The Morgan fingerprint density at radius 2 is 1.95 bits per heavy atom. The van der Waals surface area contributed by atoms with Gasteiger partial charge in [-0.05, 0) is 32.8 Å². The summed E-state index contributed by atoms with van der Waals surface area (Å²) in [5, 5.41) is 0. The second-order valence-electron chi connectivity index (χ2n) is 6.13. The van der Waals surface area contributed by atoms with Gasteiger partial charge in [0, 0.05) is 24.8 Å². The number of nitrogens with zero attached hydrogens (tertiary/aromatic N) is 3. The minimum atomic E-state index is 0.117. The highest BCUT2D eigenvalue weighted by molar-refractivity contribution is 5.13. The van der Waals surface area contributed by atoms with Crippen LogP contribution in [0.3, 0.4) is 0 Å². The lowest BCUT2D eigenvalue weighted by atomic mass is 9.93. The fraction of sp³-hybridized carbons (Fsp3) is 0.750. The highest BCUT2D eigenvalue weighted by atomic mass is 16.5. The first-order valence-electron chi connectivity index (χ1n) is 7.90. The summed E-state index contributed by atoms with van der Waals surface area (Å²) >= 11 is 0. The lowest BCUT2D eigenvalue weighted by Crippen LogP contribution is -2.45. The molecule has 1 saturated carbocycles. The number of hydrogen-bond donors (Lipinski definition) is 0. The number of ether oxygens (including phenoxy) is 1. The second-order valence-corrected chi connectivity index (χ2v) is 6.13. The molecule has 0 aromatic carbocycles. The van der Waals surface area contributed by atoms with E-state index in [1.54, 1.807) is 0 Å². The van der Waals surface area contributed by atoms with E-state index in [0.717, 1.165) is 43.0 Å². The van der Waals surface area contributed by atoms with Gasteiger partial charge >= 0.3 is 0 Å². The van der Waals surface area contributed by atoms with Crippen molar-refractivity contribution in [3.63, 3.8) is 0 Å². The monoisotopic (exact) mass is 275 g/mol. The smallest absolute Gasteiger partial charge is 0.125 e. The Balaban J connectivity index is 1.70. The van der Waals surface area contributed by atoms with Crippen LogP contribution < -0.4 is 0 Å². The highest BCUT2D eigenvalue weighted by Crippen LogP contribution is 2.28. The summed E-state index contributed by atoms with van der Waals surface area (Å²) in [5.41, 5.74) is 2.08. The zero-order chi connectivity index (χ0) is 13.9. The normalized spacial score (nSPS) is 25.8. The van der Waals surface area contributed by atoms with Gasteiger partial charge in [0.1, 0.15) is 11.9 Å². The first-order chi connectivity index (χ1) is 9.72. The Morgan fingerprint density at radius 1 is 1.15 bits per heavy atom. The molecule has 1 unspecified atom stereocenters. The topological polar surface area (TPSA) is 38.2 Å². The van der Waals surface area contributed by atoms with E-state index in [4.69, 9.17) is 4.74 Å². The van der Waals surface area contributed by atoms with Crippen molar-refractivity contribution in [3.8, 4) is 0 Å². The molecule has 2 aliphatic rings. The number of morpholine rings is 1. The summed E-state index contributed by atoms with van der Waals surface area (Å²) in [4.78, 5) is 11.6. The summed E-state index contributed by atoms with van der Waals surface area (Å²) in [6.45, 7) is 6.87. The molecular formula is C16H25N3O. The van der Waals surface area contributed by atoms with E-state index >= 15 is 0 Å². The predicted molar refractivity (Wildman–Crippen MR) is 78.6 cm³/mol. The van der Waals surface area contributed by atoms with Gasteiger partial charge in [0.05, 0.1) is 12.3 Å². The molecule has 2 fully saturated rings. The van der Waals surface area contributed by atoms with Crippen molar-refractivity contribution >= 4 is 0 Å². The molecule has 0 spiro atoms. The maximum Gasteiger partial charge on any atom is 0.125 e. The number of hydrogen-bond acceptors (Lipinski definition) is 4. The molecule has 3 rings (SSSR count). The largest absolute Gasteiger partial charge is 0.369 e. The Morgan fingerprint density at radius 3 is 2.70 bits per heavy atom. The predicted octanol–water partition coefficient (Wildman–Crippen LogP) is 2.80. The van der Waals surface area contributed by atoms with Crippen molar-refractivity contribution in [2.24, 2.45) is 0 Å². The molecular weight excluding hydrogens is 250 g/mol. The molecule has 1 saturated heterocycles. The Hall–Kier alpha value is -1.00. The van der Waals surface area contributed by atoms with Crippen LogP contribution in [0.15, 0.2) is 6.07 Å². The summed E-state index contributed by atoms with van der Waals surface area (Å²) in [6, 6.07) is 2.83. The van der Waals surface area contributed by atoms with Gasteiger partial charge in [0.15, 0.2) is 0 Å². The van der Waals surface area contributed by atoms with E-state index in [1.807, 2.05) is 13.8 Å². The van der Waals surface area contributed by atoms with Crippen LogP contribution in [-0.2, 0) is 4.74 Å². The third-order valence-electron chi connectivity index (χ3n) is 4.50. The Kier molecular flexibility index (Phi) is 4.32. The summed E-state index contributed by atoms with van der Waals surface area (Å²) in [6.07, 6.45) is 7.01. The van der Waals surface area contributed by atoms with Crippen molar-refractivity contribution in [2.45, 2.75) is 58.1 Å². The lowest BCUT2D eigenvalue weighted by molar-refractivity contribution is -0.0517. The van der Waals surface area contributed by atoms with Crippen LogP contribution in [0.5, 0.6) is 0 Å². The van der Waals surface area contributed by atoms with Crippen LogP contribution >= 0.6 is 0 Å². The zero-order valence-corrected chi connectivity index (χ0v) is 12.6. The van der Waals surface area contributed by atoms with E-state index in [9.17, 15) is 0 Å². The number of rotatable bonds is 2. The van der Waals surface area contributed by atoms with Crippen LogP contribution in [0.25, 0.3) is 0 Å². The summed E-state index contributed by atoms with van der Waals surface area (Å²) in [7, 11) is 0. The van der Waals surface area contributed by atoms with Crippen molar-refractivity contribution in [2.75, 3.05) is 19.7 Å². The molecule has 4 heteroatoms. The van der Waals surface area contributed by atoms with E-state index in [1.165, 1.54) is 32.1 Å². The Labute approximate surface area is 121 Å². The first-order valence-corrected chi connectivity index (χ1v) is 7.90. The molecule has 1 aliphatic heterocycles. The Bertz CT molecular complexity index is 437. The van der Waals surface area contributed by atoms with Gasteiger partial charge in [-0.3, -0.25) is 4.90 Å². The molecule has 0 radical (unpaired) electrons. The molecule has 1 atom stereocenters. The number of aryl methyl sites for hydroxylation is 2. The van der Waals surface area contributed by atoms with Crippen LogP contribution in [0.2, 0.25) is 0 Å².